The van der Waals surface area contributed by atoms with E-state index in [0.717, 1.165) is 17.7 Å². The van der Waals surface area contributed by atoms with Crippen molar-refractivity contribution in [3.63, 3.8) is 0 Å². The highest BCUT2D eigenvalue weighted by atomic mass is 16.5. The fourth-order valence-corrected chi connectivity index (χ4v) is 2.78. The van der Waals surface area contributed by atoms with Gasteiger partial charge in [0.05, 0.1) is 13.2 Å². The molecule has 1 fully saturated rings. The van der Waals surface area contributed by atoms with E-state index in [1.54, 1.807) is 11.0 Å². The van der Waals surface area contributed by atoms with Gasteiger partial charge >= 0.3 is 0 Å². The van der Waals surface area contributed by atoms with Crippen LogP contribution in [0.4, 0.5) is 0 Å². The highest BCUT2D eigenvalue weighted by Crippen LogP contribution is 2.27. The second-order valence-corrected chi connectivity index (χ2v) is 6.29. The molecule has 0 spiro atoms. The number of aryl methyl sites for hydroxylation is 2. The molecular formula is C17H23N3O4. The van der Waals surface area contributed by atoms with E-state index in [4.69, 9.17) is 13.6 Å². The first-order valence-corrected chi connectivity index (χ1v) is 8.32. The third-order valence-electron chi connectivity index (χ3n) is 4.18. The Morgan fingerprint density at radius 3 is 2.79 bits per heavy atom. The summed E-state index contributed by atoms with van der Waals surface area (Å²) in [6.45, 7) is 9.20. The molecule has 3 heterocycles. The van der Waals surface area contributed by atoms with Crippen molar-refractivity contribution < 1.29 is 18.4 Å². The summed E-state index contributed by atoms with van der Waals surface area (Å²) in [7, 11) is 0. The van der Waals surface area contributed by atoms with Crippen LogP contribution < -0.4 is 0 Å². The Labute approximate surface area is 141 Å². The third-order valence-corrected chi connectivity index (χ3v) is 4.18. The molecule has 7 heteroatoms. The van der Waals surface area contributed by atoms with Gasteiger partial charge in [-0.3, -0.25) is 4.79 Å². The normalized spacial score (nSPS) is 18.4. The topological polar surface area (TPSA) is 81.6 Å². The van der Waals surface area contributed by atoms with Gasteiger partial charge in [-0.05, 0) is 18.6 Å². The van der Waals surface area contributed by atoms with Crippen LogP contribution in [0, 0.1) is 6.92 Å². The first-order valence-electron chi connectivity index (χ1n) is 8.32. The van der Waals surface area contributed by atoms with Gasteiger partial charge in [0.2, 0.25) is 11.8 Å². The number of aromatic nitrogens is 2. The van der Waals surface area contributed by atoms with E-state index < -0.39 is 0 Å². The van der Waals surface area contributed by atoms with Crippen LogP contribution in [0.15, 0.2) is 14.9 Å². The second kappa shape index (κ2) is 6.76. The van der Waals surface area contributed by atoms with Crippen molar-refractivity contribution in [2.24, 2.45) is 0 Å². The van der Waals surface area contributed by atoms with Gasteiger partial charge in [0.1, 0.15) is 11.8 Å². The molecule has 2 aromatic rings. The maximum atomic E-state index is 12.9. The van der Waals surface area contributed by atoms with Crippen LogP contribution in [0.5, 0.6) is 0 Å². The number of ether oxygens (including phenoxy) is 1. The van der Waals surface area contributed by atoms with Gasteiger partial charge in [0, 0.05) is 18.9 Å². The van der Waals surface area contributed by atoms with E-state index >= 15 is 0 Å². The molecule has 24 heavy (non-hydrogen) atoms. The Kier molecular flexibility index (Phi) is 4.71. The largest absolute Gasteiger partial charge is 0.456 e. The number of hydrogen-bond acceptors (Lipinski definition) is 6. The van der Waals surface area contributed by atoms with E-state index in [1.165, 1.54) is 0 Å². The Bertz CT molecular complexity index is 719. The molecule has 0 unspecified atom stereocenters. The summed E-state index contributed by atoms with van der Waals surface area (Å²) >= 11 is 0. The monoisotopic (exact) mass is 333 g/mol. The van der Waals surface area contributed by atoms with Gasteiger partial charge in [-0.25, -0.2) is 0 Å². The summed E-state index contributed by atoms with van der Waals surface area (Å²) in [4.78, 5) is 14.6. The standard InChI is InChI=1S/C17H23N3O4/c1-5-13-11(4)8-14(23-13)17(21)20-6-7-22-9-12(20)16-19-18-15(24-16)10(2)3/h8,10,12H,5-7,9H2,1-4H3/t12-/m0/s1. The number of carbonyl (C=O) groups excluding carboxylic acids is 1. The molecule has 3 rings (SSSR count). The van der Waals surface area contributed by atoms with Crippen LogP contribution in [0.3, 0.4) is 0 Å². The summed E-state index contributed by atoms with van der Waals surface area (Å²) in [5, 5.41) is 8.16. The van der Waals surface area contributed by atoms with Gasteiger partial charge in [-0.2, -0.15) is 0 Å². The molecule has 1 aliphatic heterocycles. The fraction of sp³-hybridized carbons (Fsp3) is 0.588. The van der Waals surface area contributed by atoms with Crippen molar-refractivity contribution in [2.45, 2.75) is 46.1 Å². The number of furan rings is 1. The van der Waals surface area contributed by atoms with Gasteiger partial charge in [0.25, 0.3) is 5.91 Å². The Morgan fingerprint density at radius 2 is 2.17 bits per heavy atom. The minimum Gasteiger partial charge on any atom is -0.456 e. The van der Waals surface area contributed by atoms with Crippen molar-refractivity contribution in [2.75, 3.05) is 19.8 Å². The summed E-state index contributed by atoms with van der Waals surface area (Å²) in [6, 6.07) is 1.41. The predicted octanol–water partition coefficient (Wildman–Crippen LogP) is 2.87. The molecule has 2 aromatic heterocycles. The van der Waals surface area contributed by atoms with E-state index in [1.807, 2.05) is 27.7 Å². The maximum Gasteiger partial charge on any atom is 0.290 e. The lowest BCUT2D eigenvalue weighted by Crippen LogP contribution is -2.43. The number of amides is 1. The number of hydrogen-bond donors (Lipinski definition) is 0. The van der Waals surface area contributed by atoms with Crippen LogP contribution in [0.25, 0.3) is 0 Å². The predicted molar refractivity (Wildman–Crippen MR) is 85.8 cm³/mol. The Morgan fingerprint density at radius 1 is 1.38 bits per heavy atom. The lowest BCUT2D eigenvalue weighted by Gasteiger charge is -2.32. The van der Waals surface area contributed by atoms with Gasteiger partial charge < -0.3 is 18.5 Å². The Hall–Kier alpha value is -2.15. The van der Waals surface area contributed by atoms with Crippen LogP contribution in [0.1, 0.15) is 66.4 Å². The summed E-state index contributed by atoms with van der Waals surface area (Å²) in [5.74, 6) is 2.12. The summed E-state index contributed by atoms with van der Waals surface area (Å²) in [5.41, 5.74) is 0.991. The number of nitrogens with zero attached hydrogens (tertiary/aromatic N) is 3. The number of rotatable bonds is 4. The molecule has 0 saturated carbocycles. The molecule has 130 valence electrons. The zero-order valence-corrected chi connectivity index (χ0v) is 14.5. The van der Waals surface area contributed by atoms with Crippen LogP contribution in [0.2, 0.25) is 0 Å². The third kappa shape index (κ3) is 3.08. The number of carbonyl (C=O) groups is 1. The SMILES string of the molecule is CCc1oc(C(=O)N2CCOC[C@H]2c2nnc(C(C)C)o2)cc1C. The van der Waals surface area contributed by atoms with Crippen molar-refractivity contribution in [1.29, 1.82) is 0 Å². The first-order chi connectivity index (χ1) is 11.5. The quantitative estimate of drug-likeness (QED) is 0.856. The molecule has 1 aliphatic rings. The van der Waals surface area contributed by atoms with E-state index in [-0.39, 0.29) is 17.9 Å². The van der Waals surface area contributed by atoms with Crippen molar-refractivity contribution in [3.05, 3.63) is 34.9 Å². The highest BCUT2D eigenvalue weighted by molar-refractivity contribution is 5.92. The molecule has 0 radical (unpaired) electrons. The maximum absolute atomic E-state index is 12.9. The molecule has 0 aliphatic carbocycles. The van der Waals surface area contributed by atoms with Crippen molar-refractivity contribution in [3.8, 4) is 0 Å². The molecule has 7 nitrogen and oxygen atoms in total. The zero-order chi connectivity index (χ0) is 17.3. The number of morpholine rings is 1. The lowest BCUT2D eigenvalue weighted by atomic mass is 10.2. The second-order valence-electron chi connectivity index (χ2n) is 6.29. The minimum atomic E-state index is -0.387. The van der Waals surface area contributed by atoms with E-state index in [2.05, 4.69) is 10.2 Å². The van der Waals surface area contributed by atoms with Crippen molar-refractivity contribution >= 4 is 5.91 Å². The van der Waals surface area contributed by atoms with Gasteiger partial charge in [-0.15, -0.1) is 10.2 Å². The van der Waals surface area contributed by atoms with Crippen molar-refractivity contribution in [1.82, 2.24) is 15.1 Å². The molecular weight excluding hydrogens is 310 g/mol. The molecule has 0 bridgehead atoms. The van der Waals surface area contributed by atoms with E-state index in [0.29, 0.717) is 37.3 Å². The highest BCUT2D eigenvalue weighted by Gasteiger charge is 2.35. The molecule has 0 aromatic carbocycles. The lowest BCUT2D eigenvalue weighted by molar-refractivity contribution is -0.0122. The summed E-state index contributed by atoms with van der Waals surface area (Å²) < 4.78 is 17.0. The average Bonchev–Trinajstić information content (AvgIpc) is 3.21. The smallest absolute Gasteiger partial charge is 0.290 e. The molecule has 1 atom stereocenters. The first kappa shape index (κ1) is 16.7. The average molecular weight is 333 g/mol. The molecule has 1 saturated heterocycles. The minimum absolute atomic E-state index is 0.139. The van der Waals surface area contributed by atoms with E-state index in [9.17, 15) is 4.79 Å². The van der Waals surface area contributed by atoms with Gasteiger partial charge in [0.15, 0.2) is 5.76 Å². The summed E-state index contributed by atoms with van der Waals surface area (Å²) in [6.07, 6.45) is 0.757. The Balaban J connectivity index is 1.86. The van der Waals surface area contributed by atoms with Crippen LogP contribution in [-0.2, 0) is 11.2 Å². The molecule has 0 N–H and O–H groups in total. The zero-order valence-electron chi connectivity index (χ0n) is 14.5. The van der Waals surface area contributed by atoms with Crippen LogP contribution >= 0.6 is 0 Å². The molecule has 1 amide bonds. The van der Waals surface area contributed by atoms with Crippen LogP contribution in [-0.4, -0.2) is 40.8 Å². The van der Waals surface area contributed by atoms with Gasteiger partial charge in [-0.1, -0.05) is 20.8 Å². The fourth-order valence-electron chi connectivity index (χ4n) is 2.78.